The number of methoxy groups -OCH3 is 1. The second-order valence-electron chi connectivity index (χ2n) is 6.90. The minimum absolute atomic E-state index is 0.0666. The van der Waals surface area contributed by atoms with E-state index >= 15 is 0 Å². The van der Waals surface area contributed by atoms with Crippen molar-refractivity contribution < 1.29 is 9.53 Å². The molecular formula is C22H25N3O2. The van der Waals surface area contributed by atoms with Gasteiger partial charge in [-0.2, -0.15) is 5.10 Å². The second kappa shape index (κ2) is 8.08. The number of hydrogen-bond donors (Lipinski definition) is 1. The fourth-order valence-corrected chi connectivity index (χ4v) is 2.68. The van der Waals surface area contributed by atoms with E-state index in [0.29, 0.717) is 11.6 Å². The maximum Gasteiger partial charge on any atom is 0.270 e. The second-order valence-corrected chi connectivity index (χ2v) is 6.90. The van der Waals surface area contributed by atoms with Crippen LogP contribution in [0.2, 0.25) is 0 Å². The van der Waals surface area contributed by atoms with Crippen LogP contribution in [0.1, 0.15) is 31.3 Å². The first-order chi connectivity index (χ1) is 13.0. The third kappa shape index (κ3) is 4.19. The number of ether oxygens (including phenoxy) is 1. The monoisotopic (exact) mass is 363 g/mol. The third-order valence-electron chi connectivity index (χ3n) is 4.67. The van der Waals surface area contributed by atoms with Crippen molar-refractivity contribution in [3.63, 3.8) is 0 Å². The van der Waals surface area contributed by atoms with Crippen LogP contribution in [0.5, 0.6) is 5.75 Å². The summed E-state index contributed by atoms with van der Waals surface area (Å²) < 4.78 is 7.00. The van der Waals surface area contributed by atoms with Gasteiger partial charge in [0.2, 0.25) is 0 Å². The van der Waals surface area contributed by atoms with Crippen molar-refractivity contribution >= 4 is 5.91 Å². The lowest BCUT2D eigenvalue weighted by Gasteiger charge is -2.17. The predicted octanol–water partition coefficient (Wildman–Crippen LogP) is 4.32. The quantitative estimate of drug-likeness (QED) is 0.709. The van der Waals surface area contributed by atoms with E-state index in [9.17, 15) is 4.79 Å². The van der Waals surface area contributed by atoms with Crippen molar-refractivity contribution in [3.8, 4) is 22.7 Å². The topological polar surface area (TPSA) is 56.1 Å². The summed E-state index contributed by atoms with van der Waals surface area (Å²) in [5, 5.41) is 7.77. The van der Waals surface area contributed by atoms with Gasteiger partial charge in [-0.1, -0.05) is 44.2 Å². The van der Waals surface area contributed by atoms with Crippen LogP contribution < -0.4 is 10.1 Å². The first kappa shape index (κ1) is 18.7. The fraction of sp³-hybridized carbons (Fsp3) is 0.273. The zero-order valence-corrected chi connectivity index (χ0v) is 16.1. The zero-order chi connectivity index (χ0) is 19.4. The molecule has 140 valence electrons. The number of aromatic nitrogens is 2. The van der Waals surface area contributed by atoms with Crippen LogP contribution in [0.4, 0.5) is 0 Å². The fourth-order valence-electron chi connectivity index (χ4n) is 2.68. The Labute approximate surface area is 160 Å². The summed E-state index contributed by atoms with van der Waals surface area (Å²) in [6, 6.07) is 19.2. The Morgan fingerprint density at radius 1 is 1.04 bits per heavy atom. The molecule has 1 N–H and O–H groups in total. The van der Waals surface area contributed by atoms with Crippen molar-refractivity contribution in [3.05, 3.63) is 66.4 Å². The molecular weight excluding hydrogens is 338 g/mol. The number of nitrogens with one attached hydrogen (secondary N) is 1. The summed E-state index contributed by atoms with van der Waals surface area (Å²) in [6.45, 7) is 6.18. The molecule has 1 aromatic heterocycles. The van der Waals surface area contributed by atoms with Crippen molar-refractivity contribution in [2.75, 3.05) is 7.11 Å². The summed E-state index contributed by atoms with van der Waals surface area (Å²) in [5.41, 5.74) is 2.97. The van der Waals surface area contributed by atoms with Crippen LogP contribution in [-0.4, -0.2) is 28.8 Å². The lowest BCUT2D eigenvalue weighted by Crippen LogP contribution is -2.37. The highest BCUT2D eigenvalue weighted by atomic mass is 16.5. The van der Waals surface area contributed by atoms with Gasteiger partial charge in [0.15, 0.2) is 0 Å². The Morgan fingerprint density at radius 2 is 1.78 bits per heavy atom. The minimum atomic E-state index is -0.137. The maximum atomic E-state index is 12.9. The summed E-state index contributed by atoms with van der Waals surface area (Å²) in [6.07, 6.45) is 0. The molecule has 5 nitrogen and oxygen atoms in total. The Hall–Kier alpha value is -3.08. The van der Waals surface area contributed by atoms with Crippen LogP contribution in [0, 0.1) is 5.92 Å². The van der Waals surface area contributed by atoms with Gasteiger partial charge in [0, 0.05) is 11.6 Å². The number of para-hydroxylation sites is 1. The minimum Gasteiger partial charge on any atom is -0.497 e. The maximum absolute atomic E-state index is 12.9. The lowest BCUT2D eigenvalue weighted by molar-refractivity contribution is 0.0922. The Morgan fingerprint density at radius 3 is 2.44 bits per heavy atom. The summed E-state index contributed by atoms with van der Waals surface area (Å²) in [5.74, 6) is 0.961. The molecule has 3 rings (SSSR count). The molecule has 1 heterocycles. The van der Waals surface area contributed by atoms with Gasteiger partial charge < -0.3 is 10.1 Å². The Kier molecular flexibility index (Phi) is 5.60. The molecule has 0 aliphatic rings. The van der Waals surface area contributed by atoms with Gasteiger partial charge in [0.25, 0.3) is 5.91 Å². The van der Waals surface area contributed by atoms with Crippen molar-refractivity contribution in [1.82, 2.24) is 15.1 Å². The molecule has 2 aromatic carbocycles. The van der Waals surface area contributed by atoms with Crippen molar-refractivity contribution in [1.29, 1.82) is 0 Å². The number of hydrogen-bond acceptors (Lipinski definition) is 3. The highest BCUT2D eigenvalue weighted by Crippen LogP contribution is 2.25. The van der Waals surface area contributed by atoms with Gasteiger partial charge >= 0.3 is 0 Å². The first-order valence-electron chi connectivity index (χ1n) is 9.10. The molecule has 0 spiro atoms. The molecule has 3 aromatic rings. The van der Waals surface area contributed by atoms with Gasteiger partial charge in [-0.3, -0.25) is 4.79 Å². The summed E-state index contributed by atoms with van der Waals surface area (Å²) in [7, 11) is 1.63. The van der Waals surface area contributed by atoms with Crippen LogP contribution in [0.15, 0.2) is 60.7 Å². The molecule has 1 atom stereocenters. The highest BCUT2D eigenvalue weighted by molar-refractivity contribution is 5.94. The van der Waals surface area contributed by atoms with Crippen LogP contribution in [-0.2, 0) is 0 Å². The molecule has 5 heteroatoms. The van der Waals surface area contributed by atoms with Gasteiger partial charge in [-0.05, 0) is 43.2 Å². The van der Waals surface area contributed by atoms with E-state index < -0.39 is 0 Å². The normalized spacial score (nSPS) is 12.0. The average Bonchev–Trinajstić information content (AvgIpc) is 3.14. The summed E-state index contributed by atoms with van der Waals surface area (Å²) in [4.78, 5) is 12.9. The molecule has 1 unspecified atom stereocenters. The van der Waals surface area contributed by atoms with Crippen LogP contribution in [0.25, 0.3) is 16.9 Å². The number of benzene rings is 2. The third-order valence-corrected chi connectivity index (χ3v) is 4.67. The van der Waals surface area contributed by atoms with Crippen molar-refractivity contribution in [2.45, 2.75) is 26.8 Å². The molecule has 0 aliphatic carbocycles. The Bertz CT molecular complexity index is 916. The standard InChI is InChI=1S/C22H25N3O2/c1-15(2)16(3)23-22(26)21-14-20(17-9-8-12-19(13-17)27-4)24-25(21)18-10-6-5-7-11-18/h5-16H,1-4H3,(H,23,26). The van der Waals surface area contributed by atoms with E-state index in [1.807, 2.05) is 67.6 Å². The van der Waals surface area contributed by atoms with E-state index in [4.69, 9.17) is 9.84 Å². The van der Waals surface area contributed by atoms with E-state index in [2.05, 4.69) is 19.2 Å². The van der Waals surface area contributed by atoms with Crippen LogP contribution in [0.3, 0.4) is 0 Å². The number of amides is 1. The van der Waals surface area contributed by atoms with Gasteiger partial charge in [0.05, 0.1) is 18.5 Å². The molecule has 0 saturated heterocycles. The number of carbonyl (C=O) groups excluding carboxylic acids is 1. The Balaban J connectivity index is 2.05. The SMILES string of the molecule is COc1cccc(-c2cc(C(=O)NC(C)C(C)C)n(-c3ccccc3)n2)c1. The number of carbonyl (C=O) groups is 1. The molecule has 0 radical (unpaired) electrons. The molecule has 0 saturated carbocycles. The van der Waals surface area contributed by atoms with E-state index in [0.717, 1.165) is 22.7 Å². The molecule has 0 fully saturated rings. The van der Waals surface area contributed by atoms with E-state index in [1.165, 1.54) is 0 Å². The molecule has 0 bridgehead atoms. The van der Waals surface area contributed by atoms with Crippen LogP contribution >= 0.6 is 0 Å². The predicted molar refractivity (Wildman–Crippen MR) is 107 cm³/mol. The highest BCUT2D eigenvalue weighted by Gasteiger charge is 2.20. The summed E-state index contributed by atoms with van der Waals surface area (Å²) >= 11 is 0. The first-order valence-corrected chi connectivity index (χ1v) is 9.10. The largest absolute Gasteiger partial charge is 0.497 e. The average molecular weight is 363 g/mol. The zero-order valence-electron chi connectivity index (χ0n) is 16.1. The number of rotatable bonds is 6. The van der Waals surface area contributed by atoms with Gasteiger partial charge in [-0.25, -0.2) is 4.68 Å². The molecule has 27 heavy (non-hydrogen) atoms. The van der Waals surface area contributed by atoms with E-state index in [-0.39, 0.29) is 11.9 Å². The van der Waals surface area contributed by atoms with E-state index in [1.54, 1.807) is 11.8 Å². The van der Waals surface area contributed by atoms with Gasteiger partial charge in [0.1, 0.15) is 11.4 Å². The lowest BCUT2D eigenvalue weighted by atomic mass is 10.1. The number of nitrogens with zero attached hydrogens (tertiary/aromatic N) is 2. The molecule has 0 aliphatic heterocycles. The smallest absolute Gasteiger partial charge is 0.270 e. The van der Waals surface area contributed by atoms with Crippen molar-refractivity contribution in [2.24, 2.45) is 5.92 Å². The van der Waals surface area contributed by atoms with Gasteiger partial charge in [-0.15, -0.1) is 0 Å². The molecule has 1 amide bonds.